The summed E-state index contributed by atoms with van der Waals surface area (Å²) >= 11 is 5.70. The van der Waals surface area contributed by atoms with Gasteiger partial charge in [0.05, 0.1) is 0 Å². The van der Waals surface area contributed by atoms with Crippen LogP contribution in [0, 0.1) is 0 Å². The van der Waals surface area contributed by atoms with Crippen LogP contribution in [0.25, 0.3) is 0 Å². The molecule has 0 amide bonds. The van der Waals surface area contributed by atoms with E-state index in [0.29, 0.717) is 25.1 Å². The first-order chi connectivity index (χ1) is 7.47. The molecule has 1 heterocycles. The molecule has 0 saturated heterocycles. The van der Waals surface area contributed by atoms with Gasteiger partial charge in [-0.15, -0.1) is 0 Å². The van der Waals surface area contributed by atoms with Gasteiger partial charge < -0.3 is 10.2 Å². The zero-order chi connectivity index (χ0) is 11.8. The molecule has 16 heavy (non-hydrogen) atoms. The largest absolute Gasteiger partial charge is 0.449 e. The molecular formula is C11H14ClF2NO. The number of hydrogen-bond donors (Lipinski definition) is 1. The minimum absolute atomic E-state index is 0.136. The van der Waals surface area contributed by atoms with Crippen molar-refractivity contribution in [2.45, 2.75) is 37.0 Å². The van der Waals surface area contributed by atoms with Crippen molar-refractivity contribution in [3.63, 3.8) is 0 Å². The van der Waals surface area contributed by atoms with Crippen molar-refractivity contribution in [3.8, 4) is 0 Å². The second-order valence-corrected chi connectivity index (χ2v) is 4.82. The fourth-order valence-corrected chi connectivity index (χ4v) is 2.39. The lowest BCUT2D eigenvalue weighted by Gasteiger charge is -2.37. The van der Waals surface area contributed by atoms with Crippen LogP contribution in [0.15, 0.2) is 16.5 Å². The quantitative estimate of drug-likeness (QED) is 0.873. The molecule has 5 heteroatoms. The van der Waals surface area contributed by atoms with Crippen LogP contribution in [0.4, 0.5) is 8.78 Å². The lowest BCUT2D eigenvalue weighted by atomic mass is 9.71. The molecule has 0 bridgehead atoms. The Morgan fingerprint density at radius 3 is 2.31 bits per heavy atom. The summed E-state index contributed by atoms with van der Waals surface area (Å²) in [7, 11) is 0. The van der Waals surface area contributed by atoms with Crippen molar-refractivity contribution >= 4 is 11.6 Å². The molecule has 90 valence electrons. The van der Waals surface area contributed by atoms with Gasteiger partial charge in [0, 0.05) is 24.8 Å². The second kappa shape index (κ2) is 4.00. The molecule has 2 rings (SSSR count). The third kappa shape index (κ3) is 2.09. The van der Waals surface area contributed by atoms with Crippen LogP contribution in [0.5, 0.6) is 0 Å². The topological polar surface area (TPSA) is 39.2 Å². The first-order valence-corrected chi connectivity index (χ1v) is 5.69. The molecule has 0 aromatic carbocycles. The highest BCUT2D eigenvalue weighted by Crippen LogP contribution is 2.45. The van der Waals surface area contributed by atoms with E-state index in [1.165, 1.54) is 0 Å². The van der Waals surface area contributed by atoms with Gasteiger partial charge in [-0.3, -0.25) is 0 Å². The van der Waals surface area contributed by atoms with Crippen molar-refractivity contribution < 1.29 is 13.2 Å². The molecular weight excluding hydrogens is 236 g/mol. The van der Waals surface area contributed by atoms with E-state index in [0.717, 1.165) is 0 Å². The highest BCUT2D eigenvalue weighted by atomic mass is 35.5. The fourth-order valence-electron chi connectivity index (χ4n) is 2.24. The molecule has 1 saturated carbocycles. The molecule has 1 aromatic rings. The van der Waals surface area contributed by atoms with Crippen molar-refractivity contribution in [1.29, 1.82) is 0 Å². The summed E-state index contributed by atoms with van der Waals surface area (Å²) in [6.45, 7) is 0.312. The van der Waals surface area contributed by atoms with E-state index in [4.69, 9.17) is 21.8 Å². The fraction of sp³-hybridized carbons (Fsp3) is 0.636. The molecule has 1 aromatic heterocycles. The van der Waals surface area contributed by atoms with E-state index >= 15 is 0 Å². The Morgan fingerprint density at radius 2 is 1.88 bits per heavy atom. The maximum Gasteiger partial charge on any atom is 0.248 e. The third-order valence-corrected chi connectivity index (χ3v) is 3.63. The highest BCUT2D eigenvalue weighted by molar-refractivity contribution is 6.28. The molecule has 0 radical (unpaired) electrons. The predicted molar refractivity (Wildman–Crippen MR) is 57.9 cm³/mol. The van der Waals surface area contributed by atoms with Crippen LogP contribution in [-0.2, 0) is 5.41 Å². The van der Waals surface area contributed by atoms with Gasteiger partial charge >= 0.3 is 0 Å². The van der Waals surface area contributed by atoms with Crippen LogP contribution in [0.2, 0.25) is 5.22 Å². The molecule has 1 aliphatic rings. The Labute approximate surface area is 97.7 Å². The maximum absolute atomic E-state index is 13.1. The van der Waals surface area contributed by atoms with E-state index in [1.54, 1.807) is 12.1 Å². The van der Waals surface area contributed by atoms with Gasteiger partial charge in [0.15, 0.2) is 5.22 Å². The molecule has 0 unspecified atom stereocenters. The number of halogens is 3. The summed E-state index contributed by atoms with van der Waals surface area (Å²) < 4.78 is 31.5. The van der Waals surface area contributed by atoms with E-state index in [2.05, 4.69) is 0 Å². The SMILES string of the molecule is NCC1(c2ccc(Cl)o2)CCC(F)(F)CC1. The number of rotatable bonds is 2. The van der Waals surface area contributed by atoms with Crippen molar-refractivity contribution in [2.24, 2.45) is 5.73 Å². The van der Waals surface area contributed by atoms with Gasteiger partial charge in [0.1, 0.15) is 5.76 Å². The normalized spacial score (nSPS) is 23.2. The predicted octanol–water partition coefficient (Wildman–Crippen LogP) is 3.34. The van der Waals surface area contributed by atoms with Crippen molar-refractivity contribution in [1.82, 2.24) is 0 Å². The molecule has 1 aliphatic carbocycles. The van der Waals surface area contributed by atoms with Gasteiger partial charge in [-0.2, -0.15) is 0 Å². The van der Waals surface area contributed by atoms with Crippen LogP contribution in [0.1, 0.15) is 31.4 Å². The standard InChI is InChI=1S/C11H14ClF2NO/c12-9-2-1-8(16-9)10(7-15)3-5-11(13,14)6-4-10/h1-2H,3-7,15H2. The molecule has 1 fully saturated rings. The molecule has 0 spiro atoms. The molecule has 0 atom stereocenters. The van der Waals surface area contributed by atoms with Gasteiger partial charge in [-0.05, 0) is 36.6 Å². The van der Waals surface area contributed by atoms with Crippen molar-refractivity contribution in [3.05, 3.63) is 23.1 Å². The smallest absolute Gasteiger partial charge is 0.248 e. The number of nitrogens with two attached hydrogens (primary N) is 1. The van der Waals surface area contributed by atoms with Crippen LogP contribution in [0.3, 0.4) is 0 Å². The van der Waals surface area contributed by atoms with Gasteiger partial charge in [0.25, 0.3) is 0 Å². The summed E-state index contributed by atoms with van der Waals surface area (Å²) in [6, 6.07) is 3.36. The summed E-state index contributed by atoms with van der Waals surface area (Å²) in [6.07, 6.45) is 0.422. The van der Waals surface area contributed by atoms with Crippen LogP contribution in [-0.4, -0.2) is 12.5 Å². The minimum Gasteiger partial charge on any atom is -0.449 e. The average Bonchev–Trinajstić information content (AvgIpc) is 2.66. The van der Waals surface area contributed by atoms with E-state index in [-0.39, 0.29) is 18.1 Å². The summed E-state index contributed by atoms with van der Waals surface area (Å²) in [5.41, 5.74) is 5.26. The Bertz CT molecular complexity index is 368. The summed E-state index contributed by atoms with van der Waals surface area (Å²) in [5, 5.41) is 0.278. The highest BCUT2D eigenvalue weighted by Gasteiger charge is 2.45. The Kier molecular flexibility index (Phi) is 2.97. The number of hydrogen-bond acceptors (Lipinski definition) is 2. The van der Waals surface area contributed by atoms with Gasteiger partial charge in [-0.25, -0.2) is 8.78 Å². The van der Waals surface area contributed by atoms with E-state index in [1.807, 2.05) is 0 Å². The maximum atomic E-state index is 13.1. The molecule has 0 aliphatic heterocycles. The van der Waals surface area contributed by atoms with Gasteiger partial charge in [-0.1, -0.05) is 0 Å². The van der Waals surface area contributed by atoms with E-state index in [9.17, 15) is 8.78 Å². The average molecular weight is 250 g/mol. The Balaban J connectivity index is 2.22. The summed E-state index contributed by atoms with van der Waals surface area (Å²) in [5.74, 6) is -1.93. The third-order valence-electron chi connectivity index (χ3n) is 3.43. The lowest BCUT2D eigenvalue weighted by molar-refractivity contribution is -0.0533. The second-order valence-electron chi connectivity index (χ2n) is 4.44. The monoisotopic (exact) mass is 249 g/mol. The Morgan fingerprint density at radius 1 is 1.25 bits per heavy atom. The molecule has 2 N–H and O–H groups in total. The zero-order valence-electron chi connectivity index (χ0n) is 8.81. The Hall–Kier alpha value is -0.610. The summed E-state index contributed by atoms with van der Waals surface area (Å²) in [4.78, 5) is 0. The lowest BCUT2D eigenvalue weighted by Crippen LogP contribution is -2.41. The minimum atomic E-state index is -2.56. The number of alkyl halides is 2. The first kappa shape index (κ1) is 11.9. The molecule has 2 nitrogen and oxygen atoms in total. The van der Waals surface area contributed by atoms with Crippen LogP contribution >= 0.6 is 11.6 Å². The van der Waals surface area contributed by atoms with Crippen molar-refractivity contribution in [2.75, 3.05) is 6.54 Å². The van der Waals surface area contributed by atoms with Gasteiger partial charge in [0.2, 0.25) is 5.92 Å². The zero-order valence-corrected chi connectivity index (χ0v) is 9.57. The van der Waals surface area contributed by atoms with Crippen LogP contribution < -0.4 is 5.73 Å². The van der Waals surface area contributed by atoms with E-state index < -0.39 is 11.3 Å². The number of furan rings is 1. The first-order valence-electron chi connectivity index (χ1n) is 5.31.